The Balaban J connectivity index is 2.62. The summed E-state index contributed by atoms with van der Waals surface area (Å²) < 4.78 is 43.6. The first kappa shape index (κ1) is 14.2. The third-order valence-corrected chi connectivity index (χ3v) is 2.89. The average Bonchev–Trinajstić information content (AvgIpc) is 2.59. The molecule has 0 aliphatic carbocycles. The van der Waals surface area contributed by atoms with Crippen LogP contribution in [0.4, 0.5) is 13.2 Å². The van der Waals surface area contributed by atoms with E-state index in [1.807, 2.05) is 0 Å². The molecule has 4 nitrogen and oxygen atoms in total. The maximum Gasteiger partial charge on any atom is 0.418 e. The minimum Gasteiger partial charge on any atom is -0.481 e. The minimum absolute atomic E-state index is 0.00766. The molecule has 1 saturated heterocycles. The van der Waals surface area contributed by atoms with Crippen LogP contribution in [-0.4, -0.2) is 54.0 Å². The fourth-order valence-corrected chi connectivity index (χ4v) is 2.01. The summed E-state index contributed by atoms with van der Waals surface area (Å²) in [7, 11) is 0. The van der Waals surface area contributed by atoms with E-state index in [-0.39, 0.29) is 39.1 Å². The zero-order valence-corrected chi connectivity index (χ0v) is 9.59. The highest BCUT2D eigenvalue weighted by molar-refractivity contribution is 5.66. The summed E-state index contributed by atoms with van der Waals surface area (Å²) in [5.41, 5.74) is -2.12. The van der Waals surface area contributed by atoms with Crippen molar-refractivity contribution in [3.63, 3.8) is 0 Å². The molecule has 1 aliphatic heterocycles. The number of rotatable bonds is 5. The van der Waals surface area contributed by atoms with Gasteiger partial charge in [0.2, 0.25) is 0 Å². The highest BCUT2D eigenvalue weighted by Crippen LogP contribution is 2.40. The number of carboxylic acid groups (broad SMARTS) is 1. The topological polar surface area (TPSA) is 49.8 Å². The summed E-state index contributed by atoms with van der Waals surface area (Å²) in [6.45, 7) is 1.57. The number of carbonyl (C=O) groups is 1. The molecule has 0 bridgehead atoms. The second-order valence-electron chi connectivity index (χ2n) is 4.09. The van der Waals surface area contributed by atoms with Crippen molar-refractivity contribution in [1.82, 2.24) is 4.90 Å². The van der Waals surface area contributed by atoms with Gasteiger partial charge in [0.1, 0.15) is 0 Å². The fraction of sp³-hybridized carbons (Fsp3) is 0.900. The summed E-state index contributed by atoms with van der Waals surface area (Å²) >= 11 is 0. The molecule has 7 heteroatoms. The molecule has 0 saturated carbocycles. The molecule has 17 heavy (non-hydrogen) atoms. The highest BCUT2D eigenvalue weighted by Gasteiger charge is 2.58. The van der Waals surface area contributed by atoms with Crippen LogP contribution in [-0.2, 0) is 9.53 Å². The summed E-state index contributed by atoms with van der Waals surface area (Å²) in [4.78, 5) is 11.8. The van der Waals surface area contributed by atoms with Crippen molar-refractivity contribution in [3.05, 3.63) is 0 Å². The van der Waals surface area contributed by atoms with Gasteiger partial charge in [-0.25, -0.2) is 0 Å². The summed E-state index contributed by atoms with van der Waals surface area (Å²) in [6.07, 6.45) is -4.70. The van der Waals surface area contributed by atoms with Gasteiger partial charge >= 0.3 is 12.1 Å². The van der Waals surface area contributed by atoms with E-state index < -0.39 is 17.7 Å². The normalized spacial score (nSPS) is 26.4. The molecule has 0 amide bonds. The number of ether oxygens (including phenoxy) is 1. The Morgan fingerprint density at radius 2 is 2.18 bits per heavy atom. The van der Waals surface area contributed by atoms with Crippen molar-refractivity contribution in [1.29, 1.82) is 0 Å². The molecule has 1 atom stereocenters. The van der Waals surface area contributed by atoms with Crippen LogP contribution in [0.5, 0.6) is 0 Å². The van der Waals surface area contributed by atoms with Gasteiger partial charge in [-0.1, -0.05) is 0 Å². The van der Waals surface area contributed by atoms with Gasteiger partial charge in [-0.15, -0.1) is 0 Å². The Morgan fingerprint density at radius 1 is 1.53 bits per heavy atom. The maximum absolute atomic E-state index is 12.9. The lowest BCUT2D eigenvalue weighted by Gasteiger charge is -2.31. The molecule has 0 spiro atoms. The van der Waals surface area contributed by atoms with Gasteiger partial charge in [-0.3, -0.25) is 9.69 Å². The fourth-order valence-electron chi connectivity index (χ4n) is 2.01. The van der Waals surface area contributed by atoms with E-state index in [4.69, 9.17) is 9.84 Å². The lowest BCUT2D eigenvalue weighted by atomic mass is 10.0. The minimum atomic E-state index is -4.42. The van der Waals surface area contributed by atoms with Gasteiger partial charge in [0, 0.05) is 26.2 Å². The van der Waals surface area contributed by atoms with Crippen LogP contribution in [0, 0.1) is 0 Å². The van der Waals surface area contributed by atoms with Gasteiger partial charge < -0.3 is 9.84 Å². The number of carboxylic acids is 1. The van der Waals surface area contributed by atoms with Crippen LogP contribution in [0.3, 0.4) is 0 Å². The lowest BCUT2D eigenvalue weighted by Crippen LogP contribution is -2.50. The number of hydrogen-bond donors (Lipinski definition) is 1. The number of likely N-dealkylation sites (tertiary alicyclic amines) is 1. The van der Waals surface area contributed by atoms with Crippen LogP contribution < -0.4 is 0 Å². The second kappa shape index (κ2) is 5.22. The van der Waals surface area contributed by atoms with Gasteiger partial charge in [-0.2, -0.15) is 13.2 Å². The zero-order valence-electron chi connectivity index (χ0n) is 9.59. The highest BCUT2D eigenvalue weighted by atomic mass is 19.4. The molecule has 1 aliphatic rings. The van der Waals surface area contributed by atoms with Crippen LogP contribution in [0.2, 0.25) is 0 Å². The largest absolute Gasteiger partial charge is 0.481 e. The molecule has 0 aromatic carbocycles. The SMILES string of the molecule is CCOC1(C(F)(F)F)CCN(CCC(=O)O)C1. The summed E-state index contributed by atoms with van der Waals surface area (Å²) in [6, 6.07) is 0. The molecule has 0 aromatic rings. The van der Waals surface area contributed by atoms with E-state index in [1.54, 1.807) is 0 Å². The van der Waals surface area contributed by atoms with Crippen LogP contribution >= 0.6 is 0 Å². The Morgan fingerprint density at radius 3 is 2.65 bits per heavy atom. The van der Waals surface area contributed by atoms with Crippen molar-refractivity contribution < 1.29 is 27.8 Å². The quantitative estimate of drug-likeness (QED) is 0.809. The first-order valence-corrected chi connectivity index (χ1v) is 5.45. The zero-order chi connectivity index (χ0) is 13.1. The molecular weight excluding hydrogens is 239 g/mol. The lowest BCUT2D eigenvalue weighted by molar-refractivity contribution is -0.270. The Bertz CT molecular complexity index is 282. The average molecular weight is 255 g/mol. The molecule has 1 heterocycles. The molecule has 100 valence electrons. The predicted octanol–water partition coefficient (Wildman–Crippen LogP) is 1.50. The van der Waals surface area contributed by atoms with Crippen LogP contribution in [0.1, 0.15) is 19.8 Å². The molecule has 1 fully saturated rings. The smallest absolute Gasteiger partial charge is 0.418 e. The van der Waals surface area contributed by atoms with E-state index >= 15 is 0 Å². The first-order valence-electron chi connectivity index (χ1n) is 5.45. The third-order valence-electron chi connectivity index (χ3n) is 2.89. The Hall–Kier alpha value is -0.820. The number of alkyl halides is 3. The van der Waals surface area contributed by atoms with E-state index in [1.165, 1.54) is 11.8 Å². The first-order chi connectivity index (χ1) is 7.81. The van der Waals surface area contributed by atoms with Gasteiger partial charge in [-0.05, 0) is 13.3 Å². The van der Waals surface area contributed by atoms with E-state index in [0.717, 1.165) is 0 Å². The number of hydrogen-bond acceptors (Lipinski definition) is 3. The van der Waals surface area contributed by atoms with Crippen LogP contribution in [0.25, 0.3) is 0 Å². The van der Waals surface area contributed by atoms with Crippen molar-refractivity contribution in [2.24, 2.45) is 0 Å². The number of nitrogens with zero attached hydrogens (tertiary/aromatic N) is 1. The van der Waals surface area contributed by atoms with Crippen molar-refractivity contribution in [2.75, 3.05) is 26.2 Å². The Kier molecular flexibility index (Phi) is 4.37. The summed E-state index contributed by atoms with van der Waals surface area (Å²) in [5.74, 6) is -1.01. The van der Waals surface area contributed by atoms with E-state index in [9.17, 15) is 18.0 Å². The van der Waals surface area contributed by atoms with Crippen molar-refractivity contribution in [3.8, 4) is 0 Å². The van der Waals surface area contributed by atoms with E-state index in [2.05, 4.69) is 0 Å². The Labute approximate surface area is 97.3 Å². The third kappa shape index (κ3) is 3.32. The van der Waals surface area contributed by atoms with Gasteiger partial charge in [0.15, 0.2) is 5.60 Å². The van der Waals surface area contributed by atoms with Gasteiger partial charge in [0.05, 0.1) is 6.42 Å². The van der Waals surface area contributed by atoms with Crippen molar-refractivity contribution >= 4 is 5.97 Å². The number of halogens is 3. The second-order valence-corrected chi connectivity index (χ2v) is 4.09. The summed E-state index contributed by atoms with van der Waals surface area (Å²) in [5, 5.41) is 8.49. The molecule has 1 rings (SSSR count). The standard InChI is InChI=1S/C10H16F3NO3/c1-2-17-9(10(11,12)13)4-6-14(7-9)5-3-8(15)16/h2-7H2,1H3,(H,15,16). The molecule has 1 unspecified atom stereocenters. The molecule has 1 N–H and O–H groups in total. The maximum atomic E-state index is 12.9. The molecular formula is C10H16F3NO3. The molecule has 0 aromatic heterocycles. The van der Waals surface area contributed by atoms with E-state index in [0.29, 0.717) is 0 Å². The van der Waals surface area contributed by atoms with Crippen molar-refractivity contribution in [2.45, 2.75) is 31.5 Å². The number of aliphatic carboxylic acids is 1. The van der Waals surface area contributed by atoms with Crippen LogP contribution in [0.15, 0.2) is 0 Å². The monoisotopic (exact) mass is 255 g/mol. The van der Waals surface area contributed by atoms with Gasteiger partial charge in [0.25, 0.3) is 0 Å². The molecule has 0 radical (unpaired) electrons. The predicted molar refractivity (Wildman–Crippen MR) is 53.7 cm³/mol.